The highest BCUT2D eigenvalue weighted by Crippen LogP contribution is 2.21. The molecule has 0 aliphatic heterocycles. The zero-order valence-electron chi connectivity index (χ0n) is 11.8. The molecular formula is C15H26N2. The van der Waals surface area contributed by atoms with Crippen LogP contribution in [0, 0.1) is 0 Å². The smallest absolute Gasteiger partial charge is 0.0364 e. The molecule has 0 aromatic heterocycles. The third-order valence-electron chi connectivity index (χ3n) is 3.25. The van der Waals surface area contributed by atoms with Gasteiger partial charge in [0.2, 0.25) is 0 Å². The van der Waals surface area contributed by atoms with E-state index in [0.717, 1.165) is 12.8 Å². The van der Waals surface area contributed by atoms with Crippen molar-refractivity contribution >= 4 is 11.4 Å². The Morgan fingerprint density at radius 3 is 2.41 bits per heavy atom. The number of rotatable bonds is 6. The van der Waals surface area contributed by atoms with Crippen molar-refractivity contribution in [3.05, 3.63) is 24.3 Å². The first kappa shape index (κ1) is 13.9. The topological polar surface area (TPSA) is 24.1 Å². The van der Waals surface area contributed by atoms with Gasteiger partial charge in [-0.15, -0.1) is 0 Å². The molecule has 0 saturated carbocycles. The van der Waals surface area contributed by atoms with E-state index in [0.29, 0.717) is 6.04 Å². The largest absolute Gasteiger partial charge is 0.383 e. The Hall–Kier alpha value is -1.18. The third-order valence-corrected chi connectivity index (χ3v) is 3.25. The summed E-state index contributed by atoms with van der Waals surface area (Å²) >= 11 is 0. The monoisotopic (exact) mass is 234 g/mol. The zero-order valence-corrected chi connectivity index (χ0v) is 11.8. The number of hydrogen-bond donors (Lipinski definition) is 2. The molecule has 2 N–H and O–H groups in total. The first-order valence-corrected chi connectivity index (χ1v) is 6.61. The van der Waals surface area contributed by atoms with Crippen LogP contribution in [-0.4, -0.2) is 11.6 Å². The lowest BCUT2D eigenvalue weighted by Crippen LogP contribution is -2.29. The summed E-state index contributed by atoms with van der Waals surface area (Å²) in [6.45, 7) is 11.0. The molecule has 2 heteroatoms. The van der Waals surface area contributed by atoms with Gasteiger partial charge in [0.25, 0.3) is 0 Å². The molecule has 0 amide bonds. The van der Waals surface area contributed by atoms with Crippen LogP contribution in [0.2, 0.25) is 0 Å². The lowest BCUT2D eigenvalue weighted by molar-refractivity contribution is 0.547. The van der Waals surface area contributed by atoms with Crippen molar-refractivity contribution in [1.29, 1.82) is 0 Å². The van der Waals surface area contributed by atoms with Gasteiger partial charge >= 0.3 is 0 Å². The van der Waals surface area contributed by atoms with Gasteiger partial charge in [-0.25, -0.2) is 0 Å². The molecule has 0 spiro atoms. The van der Waals surface area contributed by atoms with Crippen molar-refractivity contribution in [2.24, 2.45) is 0 Å². The molecule has 1 aromatic rings. The summed E-state index contributed by atoms with van der Waals surface area (Å²) in [5.41, 5.74) is 2.52. The first-order chi connectivity index (χ1) is 7.96. The highest BCUT2D eigenvalue weighted by molar-refractivity contribution is 5.57. The molecule has 1 rings (SSSR count). The summed E-state index contributed by atoms with van der Waals surface area (Å²) in [7, 11) is 0. The number of anilines is 2. The van der Waals surface area contributed by atoms with Crippen LogP contribution >= 0.6 is 0 Å². The lowest BCUT2D eigenvalue weighted by Gasteiger charge is -2.26. The van der Waals surface area contributed by atoms with E-state index in [1.54, 1.807) is 0 Å². The highest BCUT2D eigenvalue weighted by atomic mass is 15.0. The third kappa shape index (κ3) is 4.68. The molecule has 0 aliphatic rings. The van der Waals surface area contributed by atoms with E-state index < -0.39 is 0 Å². The van der Waals surface area contributed by atoms with Crippen molar-refractivity contribution in [3.63, 3.8) is 0 Å². The van der Waals surface area contributed by atoms with Crippen LogP contribution in [0.1, 0.15) is 47.5 Å². The zero-order chi connectivity index (χ0) is 12.9. The molecule has 0 saturated heterocycles. The summed E-state index contributed by atoms with van der Waals surface area (Å²) in [4.78, 5) is 0. The van der Waals surface area contributed by atoms with Gasteiger partial charge in [0, 0.05) is 23.0 Å². The van der Waals surface area contributed by atoms with Crippen molar-refractivity contribution in [2.45, 2.75) is 59.0 Å². The van der Waals surface area contributed by atoms with Gasteiger partial charge in [0.1, 0.15) is 0 Å². The fourth-order valence-corrected chi connectivity index (χ4v) is 1.55. The maximum atomic E-state index is 3.56. The maximum Gasteiger partial charge on any atom is 0.0364 e. The average molecular weight is 234 g/mol. The van der Waals surface area contributed by atoms with Crippen LogP contribution in [0.4, 0.5) is 11.4 Å². The van der Waals surface area contributed by atoms with Crippen LogP contribution in [0.5, 0.6) is 0 Å². The predicted octanol–water partition coefficient (Wildman–Crippen LogP) is 4.50. The summed E-state index contributed by atoms with van der Waals surface area (Å²) in [6.07, 6.45) is 2.24. The van der Waals surface area contributed by atoms with Gasteiger partial charge in [-0.2, -0.15) is 0 Å². The van der Waals surface area contributed by atoms with E-state index in [1.807, 2.05) is 0 Å². The molecule has 0 aliphatic carbocycles. The van der Waals surface area contributed by atoms with E-state index in [4.69, 9.17) is 0 Å². The summed E-state index contributed by atoms with van der Waals surface area (Å²) in [6, 6.07) is 9.04. The van der Waals surface area contributed by atoms with E-state index in [1.165, 1.54) is 11.4 Å². The molecule has 1 unspecified atom stereocenters. The van der Waals surface area contributed by atoms with E-state index >= 15 is 0 Å². The molecule has 1 atom stereocenters. The predicted molar refractivity (Wildman–Crippen MR) is 77.8 cm³/mol. The second kappa shape index (κ2) is 5.95. The Bertz CT molecular complexity index is 345. The average Bonchev–Trinajstić information content (AvgIpc) is 2.29. The quantitative estimate of drug-likeness (QED) is 0.757. The number of hydrogen-bond acceptors (Lipinski definition) is 2. The molecule has 2 nitrogen and oxygen atoms in total. The molecule has 17 heavy (non-hydrogen) atoms. The normalized spacial score (nSPS) is 13.2. The minimum absolute atomic E-state index is 0.148. The van der Waals surface area contributed by atoms with Crippen LogP contribution in [0.3, 0.4) is 0 Å². The van der Waals surface area contributed by atoms with Crippen LogP contribution in [0.25, 0.3) is 0 Å². The lowest BCUT2D eigenvalue weighted by atomic mass is 10.0. The Kier molecular flexibility index (Phi) is 4.86. The van der Waals surface area contributed by atoms with Gasteiger partial charge in [0.05, 0.1) is 0 Å². The molecule has 96 valence electrons. The van der Waals surface area contributed by atoms with Gasteiger partial charge in [-0.3, -0.25) is 0 Å². The first-order valence-electron chi connectivity index (χ1n) is 6.61. The fraction of sp³-hybridized carbons (Fsp3) is 0.600. The van der Waals surface area contributed by atoms with E-state index in [9.17, 15) is 0 Å². The van der Waals surface area contributed by atoms with Gasteiger partial charge in [0.15, 0.2) is 0 Å². The minimum Gasteiger partial charge on any atom is -0.383 e. The highest BCUT2D eigenvalue weighted by Gasteiger charge is 2.14. The van der Waals surface area contributed by atoms with E-state index in [2.05, 4.69) is 69.5 Å². The second-order valence-corrected chi connectivity index (χ2v) is 5.40. The van der Waals surface area contributed by atoms with Gasteiger partial charge in [-0.05, 0) is 51.8 Å². The maximum absolute atomic E-state index is 3.56. The number of nitrogens with one attached hydrogen (secondary N) is 2. The minimum atomic E-state index is 0.148. The molecule has 0 fully saturated rings. The van der Waals surface area contributed by atoms with Crippen LogP contribution in [0.15, 0.2) is 24.3 Å². The van der Waals surface area contributed by atoms with Crippen molar-refractivity contribution < 1.29 is 0 Å². The second-order valence-electron chi connectivity index (χ2n) is 5.40. The Morgan fingerprint density at radius 1 is 1.18 bits per heavy atom. The molecule has 1 aromatic carbocycles. The Balaban J connectivity index is 2.72. The standard InChI is InChI=1S/C15H26N2/c1-6-12(3)16-13-9-8-10-14(11-13)17-15(4,5)7-2/h8-12,16-17H,6-7H2,1-5H3. The van der Waals surface area contributed by atoms with Gasteiger partial charge < -0.3 is 10.6 Å². The SMILES string of the molecule is CCC(C)Nc1cccc(NC(C)(C)CC)c1. The fourth-order valence-electron chi connectivity index (χ4n) is 1.55. The molecule has 0 bridgehead atoms. The Labute approximate surface area is 106 Å². The van der Waals surface area contributed by atoms with Crippen molar-refractivity contribution in [2.75, 3.05) is 10.6 Å². The van der Waals surface area contributed by atoms with Crippen LogP contribution in [-0.2, 0) is 0 Å². The van der Waals surface area contributed by atoms with Gasteiger partial charge in [-0.1, -0.05) is 19.9 Å². The summed E-state index contributed by atoms with van der Waals surface area (Å²) < 4.78 is 0. The van der Waals surface area contributed by atoms with E-state index in [-0.39, 0.29) is 5.54 Å². The summed E-state index contributed by atoms with van der Waals surface area (Å²) in [5, 5.41) is 7.06. The van der Waals surface area contributed by atoms with Crippen molar-refractivity contribution in [3.8, 4) is 0 Å². The number of benzene rings is 1. The summed E-state index contributed by atoms with van der Waals surface area (Å²) in [5.74, 6) is 0. The molecule has 0 radical (unpaired) electrons. The molecule has 0 heterocycles. The van der Waals surface area contributed by atoms with Crippen molar-refractivity contribution in [1.82, 2.24) is 0 Å². The Morgan fingerprint density at radius 2 is 1.82 bits per heavy atom. The van der Waals surface area contributed by atoms with Crippen LogP contribution < -0.4 is 10.6 Å². The molecular weight excluding hydrogens is 208 g/mol.